The number of hydrogen-bond acceptors (Lipinski definition) is 5. The quantitative estimate of drug-likeness (QED) is 0.350. The van der Waals surface area contributed by atoms with Crippen molar-refractivity contribution in [2.24, 2.45) is 0 Å². The van der Waals surface area contributed by atoms with E-state index in [1.807, 2.05) is 37.3 Å². The number of halogens is 1. The number of methoxy groups -OCH3 is 3. The lowest BCUT2D eigenvalue weighted by Crippen LogP contribution is -2.23. The molecule has 0 atom stereocenters. The molecule has 0 bridgehead atoms. The summed E-state index contributed by atoms with van der Waals surface area (Å²) in [6.45, 7) is 3.42. The van der Waals surface area contributed by atoms with Crippen LogP contribution in [-0.2, 0) is 17.8 Å². The SMILES string of the molecule is CO/C=C\c1c(Br)cc(N(Cc2ccc(OC)cc2)Cc2ccc(OC)cc2)nc1C. The summed E-state index contributed by atoms with van der Waals surface area (Å²) in [7, 11) is 4.98. The van der Waals surface area contributed by atoms with E-state index in [4.69, 9.17) is 19.2 Å². The first-order valence-electron chi connectivity index (χ1n) is 9.91. The number of aromatic nitrogens is 1. The maximum atomic E-state index is 5.29. The van der Waals surface area contributed by atoms with Crippen molar-refractivity contribution in [2.75, 3.05) is 26.2 Å². The van der Waals surface area contributed by atoms with Crippen molar-refractivity contribution >= 4 is 27.8 Å². The highest BCUT2D eigenvalue weighted by molar-refractivity contribution is 9.10. The van der Waals surface area contributed by atoms with Crippen LogP contribution in [0, 0.1) is 6.92 Å². The van der Waals surface area contributed by atoms with Crippen LogP contribution in [0.5, 0.6) is 11.5 Å². The minimum absolute atomic E-state index is 0.710. The van der Waals surface area contributed by atoms with E-state index in [-0.39, 0.29) is 0 Å². The summed E-state index contributed by atoms with van der Waals surface area (Å²) >= 11 is 3.70. The Morgan fingerprint density at radius 2 is 1.39 bits per heavy atom. The van der Waals surface area contributed by atoms with Crippen LogP contribution in [-0.4, -0.2) is 26.3 Å². The van der Waals surface area contributed by atoms with Crippen LogP contribution >= 0.6 is 15.9 Å². The maximum absolute atomic E-state index is 5.29. The largest absolute Gasteiger partial charge is 0.504 e. The zero-order valence-corrected chi connectivity index (χ0v) is 19.8. The molecule has 0 saturated heterocycles. The van der Waals surface area contributed by atoms with Gasteiger partial charge in [0.2, 0.25) is 0 Å². The van der Waals surface area contributed by atoms with Gasteiger partial charge in [-0.05, 0) is 70.4 Å². The molecule has 0 amide bonds. The lowest BCUT2D eigenvalue weighted by atomic mass is 10.1. The Balaban J connectivity index is 1.94. The number of rotatable bonds is 9. The Morgan fingerprint density at radius 3 is 1.81 bits per heavy atom. The molecule has 0 aliphatic carbocycles. The van der Waals surface area contributed by atoms with Gasteiger partial charge in [-0.2, -0.15) is 0 Å². The molecule has 2 aromatic carbocycles. The first-order valence-corrected chi connectivity index (χ1v) is 10.7. The highest BCUT2D eigenvalue weighted by atomic mass is 79.9. The lowest BCUT2D eigenvalue weighted by molar-refractivity contribution is 0.341. The van der Waals surface area contributed by atoms with Crippen molar-refractivity contribution in [1.82, 2.24) is 4.98 Å². The Labute approximate surface area is 192 Å². The molecule has 3 aromatic rings. The standard InChI is InChI=1S/C25H27BrN2O3/c1-18-23(13-14-29-2)24(26)15-25(27-18)28(16-19-5-9-21(30-3)10-6-19)17-20-7-11-22(31-4)12-8-20/h5-15H,16-17H2,1-4H3/b14-13-. The van der Waals surface area contributed by atoms with Gasteiger partial charge >= 0.3 is 0 Å². The number of ether oxygens (including phenoxy) is 3. The minimum Gasteiger partial charge on any atom is -0.504 e. The maximum Gasteiger partial charge on any atom is 0.130 e. The first-order chi connectivity index (χ1) is 15.0. The second-order valence-corrected chi connectivity index (χ2v) is 7.91. The van der Waals surface area contributed by atoms with Crippen molar-refractivity contribution in [2.45, 2.75) is 20.0 Å². The third-order valence-electron chi connectivity index (χ3n) is 4.94. The van der Waals surface area contributed by atoms with E-state index in [2.05, 4.69) is 51.2 Å². The molecule has 0 N–H and O–H groups in total. The molecule has 31 heavy (non-hydrogen) atoms. The molecule has 162 valence electrons. The lowest BCUT2D eigenvalue weighted by Gasteiger charge is -2.25. The number of pyridine rings is 1. The molecule has 0 saturated carbocycles. The Bertz CT molecular complexity index is 945. The summed E-state index contributed by atoms with van der Waals surface area (Å²) in [6, 6.07) is 18.3. The van der Waals surface area contributed by atoms with Crippen molar-refractivity contribution in [3.63, 3.8) is 0 Å². The fraction of sp³-hybridized carbons (Fsp3) is 0.240. The predicted molar refractivity (Wildman–Crippen MR) is 129 cm³/mol. The number of nitrogens with zero attached hydrogens (tertiary/aromatic N) is 2. The summed E-state index contributed by atoms with van der Waals surface area (Å²) < 4.78 is 16.6. The number of hydrogen-bond donors (Lipinski definition) is 0. The smallest absolute Gasteiger partial charge is 0.130 e. The third-order valence-corrected chi connectivity index (χ3v) is 5.60. The molecule has 0 fully saturated rings. The summed E-state index contributed by atoms with van der Waals surface area (Å²) in [4.78, 5) is 7.14. The van der Waals surface area contributed by atoms with Gasteiger partial charge in [-0.3, -0.25) is 0 Å². The zero-order valence-electron chi connectivity index (χ0n) is 18.3. The topological polar surface area (TPSA) is 43.8 Å². The van der Waals surface area contributed by atoms with Crippen LogP contribution in [0.25, 0.3) is 6.08 Å². The van der Waals surface area contributed by atoms with Crippen LogP contribution in [0.1, 0.15) is 22.4 Å². The highest BCUT2D eigenvalue weighted by Crippen LogP contribution is 2.28. The van der Waals surface area contributed by atoms with E-state index in [1.165, 1.54) is 11.1 Å². The zero-order chi connectivity index (χ0) is 22.2. The van der Waals surface area contributed by atoms with E-state index in [9.17, 15) is 0 Å². The number of aryl methyl sites for hydroxylation is 1. The van der Waals surface area contributed by atoms with Crippen LogP contribution in [0.3, 0.4) is 0 Å². The van der Waals surface area contributed by atoms with Crippen LogP contribution in [0.2, 0.25) is 0 Å². The molecule has 0 aliphatic heterocycles. The van der Waals surface area contributed by atoms with Crippen LogP contribution < -0.4 is 14.4 Å². The van der Waals surface area contributed by atoms with Crippen molar-refractivity contribution in [1.29, 1.82) is 0 Å². The van der Waals surface area contributed by atoms with Gasteiger partial charge in [-0.15, -0.1) is 0 Å². The van der Waals surface area contributed by atoms with Gasteiger partial charge in [0.25, 0.3) is 0 Å². The number of anilines is 1. The molecule has 6 heteroatoms. The fourth-order valence-corrected chi connectivity index (χ4v) is 3.87. The van der Waals surface area contributed by atoms with Gasteiger partial charge in [0.1, 0.15) is 17.3 Å². The summed E-state index contributed by atoms with van der Waals surface area (Å²) in [5, 5.41) is 0. The van der Waals surface area contributed by atoms with E-state index in [0.29, 0.717) is 13.1 Å². The van der Waals surface area contributed by atoms with Crippen LogP contribution in [0.4, 0.5) is 5.82 Å². The van der Waals surface area contributed by atoms with Gasteiger partial charge in [-0.25, -0.2) is 4.98 Å². The van der Waals surface area contributed by atoms with Gasteiger partial charge in [0.05, 0.1) is 27.6 Å². The monoisotopic (exact) mass is 482 g/mol. The molecule has 0 unspecified atom stereocenters. The normalized spacial score (nSPS) is 10.9. The molecular weight excluding hydrogens is 456 g/mol. The van der Waals surface area contributed by atoms with Gasteiger partial charge in [0.15, 0.2) is 0 Å². The molecular formula is C25H27BrN2O3. The average Bonchev–Trinajstić information content (AvgIpc) is 2.79. The minimum atomic E-state index is 0.710. The van der Waals surface area contributed by atoms with Crippen molar-refractivity contribution in [3.8, 4) is 11.5 Å². The predicted octanol–water partition coefficient (Wildman–Crippen LogP) is 5.99. The van der Waals surface area contributed by atoms with Crippen molar-refractivity contribution < 1.29 is 14.2 Å². The van der Waals surface area contributed by atoms with Crippen LogP contribution in [0.15, 0.2) is 65.3 Å². The molecule has 0 radical (unpaired) electrons. The summed E-state index contributed by atoms with van der Waals surface area (Å²) in [5.41, 5.74) is 4.27. The summed E-state index contributed by atoms with van der Waals surface area (Å²) in [6.07, 6.45) is 3.56. The van der Waals surface area contributed by atoms with Crippen molar-refractivity contribution in [3.05, 3.63) is 87.7 Å². The second-order valence-electron chi connectivity index (χ2n) is 7.05. The Hall–Kier alpha value is -2.99. The molecule has 1 aromatic heterocycles. The van der Waals surface area contributed by atoms with E-state index in [1.54, 1.807) is 27.6 Å². The van der Waals surface area contributed by atoms with E-state index < -0.39 is 0 Å². The molecule has 5 nitrogen and oxygen atoms in total. The molecule has 3 rings (SSSR count). The fourth-order valence-electron chi connectivity index (χ4n) is 3.25. The summed E-state index contributed by atoms with van der Waals surface area (Å²) in [5.74, 6) is 2.58. The highest BCUT2D eigenvalue weighted by Gasteiger charge is 2.14. The number of benzene rings is 2. The van der Waals surface area contributed by atoms with Gasteiger partial charge < -0.3 is 19.1 Å². The third kappa shape index (κ3) is 6.01. The Kier molecular flexibility index (Phi) is 7.95. The Morgan fingerprint density at radius 1 is 0.871 bits per heavy atom. The first kappa shape index (κ1) is 22.7. The molecule has 0 spiro atoms. The van der Waals surface area contributed by atoms with E-state index in [0.717, 1.165) is 33.0 Å². The molecule has 1 heterocycles. The second kappa shape index (κ2) is 10.9. The average molecular weight is 483 g/mol. The van der Waals surface area contributed by atoms with Gasteiger partial charge in [0, 0.05) is 28.8 Å². The van der Waals surface area contributed by atoms with E-state index >= 15 is 0 Å². The van der Waals surface area contributed by atoms with Gasteiger partial charge in [-0.1, -0.05) is 24.3 Å². The molecule has 0 aliphatic rings.